The normalized spacial score (nSPS) is 11.1. The van der Waals surface area contributed by atoms with E-state index < -0.39 is 0 Å². The topological polar surface area (TPSA) is 15.3 Å². The number of nitrogens with zero attached hydrogens (tertiary/aromatic N) is 1. The van der Waals surface area contributed by atoms with E-state index in [-0.39, 0.29) is 17.0 Å². The molecule has 0 rings (SSSR count). The fraction of sp³-hybridized carbons (Fsp3) is 1.00. The molecule has 0 aromatic rings. The number of nitrogens with one attached hydrogen (secondary N) is 1. The first-order chi connectivity index (χ1) is 12.3. The summed E-state index contributed by atoms with van der Waals surface area (Å²) in [5.74, 6) is 0. The molecule has 0 fully saturated rings. The molecule has 0 amide bonds. The Hall–Kier alpha value is 0.400. The van der Waals surface area contributed by atoms with E-state index in [4.69, 9.17) is 0 Å². The summed E-state index contributed by atoms with van der Waals surface area (Å²) in [6.45, 7) is 5.89. The second-order valence-electron chi connectivity index (χ2n) is 8.21. The minimum Gasteiger partial charge on any atom is -0.317 e. The van der Waals surface area contributed by atoms with Gasteiger partial charge in [-0.3, -0.25) is 0 Å². The highest BCUT2D eigenvalue weighted by atomic mass is 79.9. The molecule has 1 N–H and O–H groups in total. The smallest absolute Gasteiger partial charge is 0.00127 e. The summed E-state index contributed by atoms with van der Waals surface area (Å²) in [6.07, 6.45) is 24.5. The zero-order chi connectivity index (χ0) is 18.4. The van der Waals surface area contributed by atoms with Crippen molar-refractivity contribution in [3.8, 4) is 0 Å². The quantitative estimate of drug-likeness (QED) is 0.189. The third kappa shape index (κ3) is 26.6. The first-order valence-corrected chi connectivity index (χ1v) is 11.6. The van der Waals surface area contributed by atoms with E-state index >= 15 is 0 Å². The van der Waals surface area contributed by atoms with Crippen molar-refractivity contribution in [3.05, 3.63) is 0 Å². The number of hydrogen-bond donors (Lipinski definition) is 1. The lowest BCUT2D eigenvalue weighted by atomic mass is 10.0. The maximum Gasteiger partial charge on any atom is -0.00127 e. The summed E-state index contributed by atoms with van der Waals surface area (Å²) in [6, 6.07) is 0. The molecule has 0 unspecified atom stereocenters. The van der Waals surface area contributed by atoms with Crippen LogP contribution >= 0.6 is 17.0 Å². The van der Waals surface area contributed by atoms with Crippen molar-refractivity contribution >= 4 is 17.0 Å². The Morgan fingerprint density at radius 1 is 0.500 bits per heavy atom. The number of rotatable bonds is 21. The van der Waals surface area contributed by atoms with Crippen molar-refractivity contribution in [2.75, 3.05) is 33.7 Å². The van der Waals surface area contributed by atoms with Crippen LogP contribution in [0.5, 0.6) is 0 Å². The highest BCUT2D eigenvalue weighted by Gasteiger charge is 1.95. The Balaban J connectivity index is 0. The molecule has 3 heteroatoms. The van der Waals surface area contributed by atoms with E-state index in [0.29, 0.717) is 0 Å². The van der Waals surface area contributed by atoms with Crippen molar-refractivity contribution in [1.82, 2.24) is 10.2 Å². The average Bonchev–Trinajstić information content (AvgIpc) is 2.60. The summed E-state index contributed by atoms with van der Waals surface area (Å²) in [5.41, 5.74) is 0. The molecule has 0 bridgehead atoms. The third-order valence-corrected chi connectivity index (χ3v) is 5.17. The first kappa shape index (κ1) is 28.6. The Morgan fingerprint density at radius 2 is 0.846 bits per heavy atom. The maximum atomic E-state index is 3.56. The van der Waals surface area contributed by atoms with Gasteiger partial charge in [0.15, 0.2) is 0 Å². The van der Waals surface area contributed by atoms with Gasteiger partial charge in [0.1, 0.15) is 0 Å². The van der Waals surface area contributed by atoms with Gasteiger partial charge < -0.3 is 10.2 Å². The van der Waals surface area contributed by atoms with Crippen LogP contribution in [0.25, 0.3) is 0 Å². The molecule has 0 aliphatic heterocycles. The van der Waals surface area contributed by atoms with Crippen LogP contribution in [0.3, 0.4) is 0 Å². The van der Waals surface area contributed by atoms with Gasteiger partial charge >= 0.3 is 0 Å². The third-order valence-electron chi connectivity index (χ3n) is 5.17. The van der Waals surface area contributed by atoms with E-state index in [1.54, 1.807) is 0 Å². The van der Waals surface area contributed by atoms with Crippen LogP contribution < -0.4 is 5.32 Å². The molecule has 0 saturated carbocycles. The number of hydrogen-bond acceptors (Lipinski definition) is 2. The van der Waals surface area contributed by atoms with Crippen molar-refractivity contribution in [3.63, 3.8) is 0 Å². The van der Waals surface area contributed by atoms with Crippen LogP contribution in [0, 0.1) is 0 Å². The highest BCUT2D eigenvalue weighted by molar-refractivity contribution is 8.93. The van der Waals surface area contributed by atoms with Gasteiger partial charge in [0.05, 0.1) is 0 Å². The summed E-state index contributed by atoms with van der Waals surface area (Å²) in [4.78, 5) is 2.26. The average molecular weight is 436 g/mol. The summed E-state index contributed by atoms with van der Waals surface area (Å²) in [5, 5.41) is 3.56. The Kier molecular flexibility index (Phi) is 27.9. The zero-order valence-electron chi connectivity index (χ0n) is 18.5. The molecule has 0 atom stereocenters. The number of unbranched alkanes of at least 4 members (excludes halogenated alkanes) is 15. The van der Waals surface area contributed by atoms with Gasteiger partial charge in [0, 0.05) is 0 Å². The molecule has 0 aliphatic carbocycles. The molecule has 0 spiro atoms. The Bertz CT molecular complexity index is 234. The van der Waals surface area contributed by atoms with Crippen molar-refractivity contribution in [2.24, 2.45) is 0 Å². The van der Waals surface area contributed by atoms with Gasteiger partial charge in [-0.2, -0.15) is 0 Å². The van der Waals surface area contributed by atoms with Gasteiger partial charge in [-0.05, 0) is 46.6 Å². The van der Waals surface area contributed by atoms with Gasteiger partial charge in [0.2, 0.25) is 0 Å². The van der Waals surface area contributed by atoms with Crippen LogP contribution in [0.4, 0.5) is 0 Å². The molecule has 0 radical (unpaired) electrons. The Labute approximate surface area is 177 Å². The minimum atomic E-state index is 0. The van der Waals surface area contributed by atoms with Crippen LogP contribution in [0.2, 0.25) is 0 Å². The number of halogens is 1. The molecule has 0 heterocycles. The van der Waals surface area contributed by atoms with Gasteiger partial charge in [-0.1, -0.05) is 103 Å². The molecular formula is C23H51BrN2. The van der Waals surface area contributed by atoms with Crippen molar-refractivity contribution in [1.29, 1.82) is 0 Å². The van der Waals surface area contributed by atoms with Gasteiger partial charge in [-0.25, -0.2) is 0 Å². The molecular weight excluding hydrogens is 384 g/mol. The van der Waals surface area contributed by atoms with Gasteiger partial charge in [0.25, 0.3) is 0 Å². The van der Waals surface area contributed by atoms with E-state index in [0.717, 1.165) is 0 Å². The second-order valence-corrected chi connectivity index (χ2v) is 8.21. The fourth-order valence-electron chi connectivity index (χ4n) is 3.44. The van der Waals surface area contributed by atoms with Gasteiger partial charge in [-0.15, -0.1) is 17.0 Å². The Morgan fingerprint density at radius 3 is 1.23 bits per heavy atom. The lowest BCUT2D eigenvalue weighted by Crippen LogP contribution is -2.22. The van der Waals surface area contributed by atoms with E-state index in [1.165, 1.54) is 129 Å². The fourth-order valence-corrected chi connectivity index (χ4v) is 3.44. The summed E-state index contributed by atoms with van der Waals surface area (Å²) < 4.78 is 0. The summed E-state index contributed by atoms with van der Waals surface area (Å²) in [7, 11) is 4.30. The van der Waals surface area contributed by atoms with Crippen molar-refractivity contribution in [2.45, 2.75) is 116 Å². The highest BCUT2D eigenvalue weighted by Crippen LogP contribution is 2.13. The predicted molar refractivity (Wildman–Crippen MR) is 126 cm³/mol. The standard InChI is InChI=1S/C23H50N2.BrH/c1-4-5-6-7-8-9-10-11-12-13-14-15-16-17-18-19-21-24-22-20-23-25(2)3;/h24H,4-23H2,1-3H3;1H. The molecule has 0 saturated heterocycles. The zero-order valence-corrected chi connectivity index (χ0v) is 20.2. The van der Waals surface area contributed by atoms with E-state index in [9.17, 15) is 0 Å². The van der Waals surface area contributed by atoms with Crippen LogP contribution in [-0.4, -0.2) is 38.6 Å². The van der Waals surface area contributed by atoms with Crippen LogP contribution in [-0.2, 0) is 0 Å². The lowest BCUT2D eigenvalue weighted by Gasteiger charge is -2.09. The predicted octanol–water partition coefficient (Wildman–Crippen LogP) is 7.37. The molecule has 2 nitrogen and oxygen atoms in total. The first-order valence-electron chi connectivity index (χ1n) is 11.6. The summed E-state index contributed by atoms with van der Waals surface area (Å²) >= 11 is 0. The van der Waals surface area contributed by atoms with E-state index in [1.807, 2.05) is 0 Å². The monoisotopic (exact) mass is 434 g/mol. The largest absolute Gasteiger partial charge is 0.317 e. The molecule has 160 valence electrons. The molecule has 0 aromatic carbocycles. The molecule has 26 heavy (non-hydrogen) atoms. The minimum absolute atomic E-state index is 0. The SMILES string of the molecule is Br.CCCCCCCCCCCCCCCCCCNCCCN(C)C. The second kappa shape index (κ2) is 25.4. The molecule has 0 aromatic heterocycles. The van der Waals surface area contributed by atoms with Crippen LogP contribution in [0.15, 0.2) is 0 Å². The van der Waals surface area contributed by atoms with Crippen molar-refractivity contribution < 1.29 is 0 Å². The van der Waals surface area contributed by atoms with Crippen LogP contribution in [0.1, 0.15) is 116 Å². The maximum absolute atomic E-state index is 3.56. The lowest BCUT2D eigenvalue weighted by molar-refractivity contribution is 0.393. The molecule has 0 aliphatic rings. The van der Waals surface area contributed by atoms with E-state index in [2.05, 4.69) is 31.2 Å².